The van der Waals surface area contributed by atoms with Gasteiger partial charge in [0.2, 0.25) is 0 Å². The maximum Gasteiger partial charge on any atom is 0.140 e. The van der Waals surface area contributed by atoms with Gasteiger partial charge in [-0.2, -0.15) is 0 Å². The van der Waals surface area contributed by atoms with Gasteiger partial charge >= 0.3 is 0 Å². The topological polar surface area (TPSA) is 29.9 Å². The minimum Gasteiger partial charge on any atom is -0.332 e. The number of nitrogens with zero attached hydrogens (tertiary/aromatic N) is 2. The Balaban J connectivity index is 1.65. The molecule has 0 atom stereocenters. The number of pyridine rings is 1. The molecule has 0 spiro atoms. The van der Waals surface area contributed by atoms with Crippen molar-refractivity contribution in [3.8, 4) is 0 Å². The van der Waals surface area contributed by atoms with Crippen molar-refractivity contribution in [3.63, 3.8) is 0 Å². The standard InChI is InChI=1S/C18H27N3/c1-2-3-4-5-6-12-21-14-15(13-20-16-9-10-16)17-8-7-11-19-18(17)21/h7-8,11,14,16,20H,2-6,9-10,12-13H2,1H3. The summed E-state index contributed by atoms with van der Waals surface area (Å²) in [5.41, 5.74) is 2.55. The van der Waals surface area contributed by atoms with Crippen LogP contribution in [-0.4, -0.2) is 15.6 Å². The number of hydrogen-bond acceptors (Lipinski definition) is 2. The molecule has 3 rings (SSSR count). The number of hydrogen-bond donors (Lipinski definition) is 1. The third-order valence-corrected chi connectivity index (χ3v) is 4.38. The first-order valence-corrected chi connectivity index (χ1v) is 8.54. The second-order valence-corrected chi connectivity index (χ2v) is 6.29. The smallest absolute Gasteiger partial charge is 0.140 e. The minimum atomic E-state index is 0.758. The molecule has 0 bridgehead atoms. The lowest BCUT2D eigenvalue weighted by molar-refractivity contribution is 0.574. The van der Waals surface area contributed by atoms with Crippen molar-refractivity contribution in [2.24, 2.45) is 0 Å². The Morgan fingerprint density at radius 1 is 1.24 bits per heavy atom. The van der Waals surface area contributed by atoms with E-state index in [9.17, 15) is 0 Å². The fourth-order valence-electron chi connectivity index (χ4n) is 2.93. The Morgan fingerprint density at radius 3 is 2.90 bits per heavy atom. The van der Waals surface area contributed by atoms with Crippen molar-refractivity contribution in [2.45, 2.75) is 71.0 Å². The molecule has 1 N–H and O–H groups in total. The maximum atomic E-state index is 4.59. The monoisotopic (exact) mass is 285 g/mol. The zero-order chi connectivity index (χ0) is 14.5. The first-order valence-electron chi connectivity index (χ1n) is 8.54. The number of nitrogens with one attached hydrogen (secondary N) is 1. The van der Waals surface area contributed by atoms with Crippen LogP contribution in [0.1, 0.15) is 57.4 Å². The first kappa shape index (κ1) is 14.6. The summed E-state index contributed by atoms with van der Waals surface area (Å²) in [5, 5.41) is 4.94. The van der Waals surface area contributed by atoms with Crippen LogP contribution in [0.2, 0.25) is 0 Å². The molecule has 114 valence electrons. The summed E-state index contributed by atoms with van der Waals surface area (Å²) < 4.78 is 2.35. The second-order valence-electron chi connectivity index (χ2n) is 6.29. The molecule has 21 heavy (non-hydrogen) atoms. The summed E-state index contributed by atoms with van der Waals surface area (Å²) in [4.78, 5) is 4.59. The maximum absolute atomic E-state index is 4.59. The Labute approximate surface area is 127 Å². The molecular weight excluding hydrogens is 258 g/mol. The molecule has 0 radical (unpaired) electrons. The highest BCUT2D eigenvalue weighted by Gasteiger charge is 2.20. The normalized spacial score (nSPS) is 14.9. The van der Waals surface area contributed by atoms with E-state index in [2.05, 4.69) is 40.1 Å². The summed E-state index contributed by atoms with van der Waals surface area (Å²) in [6, 6.07) is 5.02. The van der Waals surface area contributed by atoms with Crippen LogP contribution in [0.5, 0.6) is 0 Å². The van der Waals surface area contributed by atoms with E-state index in [-0.39, 0.29) is 0 Å². The van der Waals surface area contributed by atoms with Gasteiger partial charge in [0.25, 0.3) is 0 Å². The fourth-order valence-corrected chi connectivity index (χ4v) is 2.93. The zero-order valence-electron chi connectivity index (χ0n) is 13.1. The van der Waals surface area contributed by atoms with Crippen molar-refractivity contribution in [1.82, 2.24) is 14.9 Å². The average Bonchev–Trinajstić information content (AvgIpc) is 3.28. The Morgan fingerprint density at radius 2 is 2.10 bits per heavy atom. The van der Waals surface area contributed by atoms with Crippen molar-refractivity contribution in [2.75, 3.05) is 0 Å². The SMILES string of the molecule is CCCCCCCn1cc(CNC2CC2)c2cccnc21. The number of fused-ring (bicyclic) bond motifs is 1. The third-order valence-electron chi connectivity index (χ3n) is 4.38. The molecule has 2 aromatic heterocycles. The van der Waals surface area contributed by atoms with Crippen molar-refractivity contribution in [3.05, 3.63) is 30.1 Å². The highest BCUT2D eigenvalue weighted by molar-refractivity contribution is 5.80. The molecule has 0 aromatic carbocycles. The van der Waals surface area contributed by atoms with E-state index in [1.54, 1.807) is 0 Å². The molecule has 2 aromatic rings. The Kier molecular flexibility index (Phi) is 4.91. The molecule has 1 saturated carbocycles. The molecular formula is C18H27N3. The van der Waals surface area contributed by atoms with Gasteiger partial charge in [0.1, 0.15) is 5.65 Å². The number of rotatable bonds is 9. The van der Waals surface area contributed by atoms with E-state index in [1.165, 1.54) is 55.9 Å². The molecule has 0 aliphatic heterocycles. The number of aryl methyl sites for hydroxylation is 1. The van der Waals surface area contributed by atoms with Crippen LogP contribution in [0.3, 0.4) is 0 Å². The molecule has 3 heteroatoms. The third kappa shape index (κ3) is 3.85. The van der Waals surface area contributed by atoms with Gasteiger partial charge in [-0.05, 0) is 37.0 Å². The van der Waals surface area contributed by atoms with E-state index in [4.69, 9.17) is 0 Å². The van der Waals surface area contributed by atoms with Gasteiger partial charge in [-0.25, -0.2) is 4.98 Å². The summed E-state index contributed by atoms with van der Waals surface area (Å²) in [7, 11) is 0. The molecule has 1 aliphatic carbocycles. The van der Waals surface area contributed by atoms with Crippen LogP contribution < -0.4 is 5.32 Å². The van der Waals surface area contributed by atoms with Crippen molar-refractivity contribution < 1.29 is 0 Å². The van der Waals surface area contributed by atoms with E-state index in [0.717, 1.165) is 24.8 Å². The van der Waals surface area contributed by atoms with E-state index in [1.807, 2.05) is 6.20 Å². The number of unbranched alkanes of at least 4 members (excludes halogenated alkanes) is 4. The van der Waals surface area contributed by atoms with Crippen molar-refractivity contribution in [1.29, 1.82) is 0 Å². The summed E-state index contributed by atoms with van der Waals surface area (Å²) in [6.07, 6.45) is 13.5. The largest absolute Gasteiger partial charge is 0.332 e. The fraction of sp³-hybridized carbons (Fsp3) is 0.611. The van der Waals surface area contributed by atoms with Crippen molar-refractivity contribution >= 4 is 11.0 Å². The summed E-state index contributed by atoms with van der Waals surface area (Å²) in [5.74, 6) is 0. The average molecular weight is 285 g/mol. The number of aromatic nitrogens is 2. The van der Waals surface area contributed by atoms with Gasteiger partial charge in [-0.1, -0.05) is 32.6 Å². The second kappa shape index (κ2) is 7.08. The zero-order valence-corrected chi connectivity index (χ0v) is 13.1. The lowest BCUT2D eigenvalue weighted by Crippen LogP contribution is -2.14. The van der Waals surface area contributed by atoms with E-state index < -0.39 is 0 Å². The highest BCUT2D eigenvalue weighted by atomic mass is 15.0. The quantitative estimate of drug-likeness (QED) is 0.698. The van der Waals surface area contributed by atoms with E-state index in [0.29, 0.717) is 0 Å². The van der Waals surface area contributed by atoms with Crippen LogP contribution >= 0.6 is 0 Å². The van der Waals surface area contributed by atoms with Gasteiger partial charge in [-0.3, -0.25) is 0 Å². The van der Waals surface area contributed by atoms with E-state index >= 15 is 0 Å². The lowest BCUT2D eigenvalue weighted by atomic mass is 10.1. The molecule has 3 nitrogen and oxygen atoms in total. The van der Waals surface area contributed by atoms with Crippen LogP contribution in [-0.2, 0) is 13.1 Å². The van der Waals surface area contributed by atoms with Crippen LogP contribution in [0.15, 0.2) is 24.5 Å². The van der Waals surface area contributed by atoms with Gasteiger partial charge in [-0.15, -0.1) is 0 Å². The first-order chi connectivity index (χ1) is 10.4. The predicted octanol–water partition coefficient (Wildman–Crippen LogP) is 4.26. The van der Waals surface area contributed by atoms with Gasteiger partial charge in [0.05, 0.1) is 0 Å². The van der Waals surface area contributed by atoms with Gasteiger partial charge in [0.15, 0.2) is 0 Å². The molecule has 0 amide bonds. The molecule has 0 unspecified atom stereocenters. The molecule has 1 aliphatic rings. The van der Waals surface area contributed by atoms with Crippen LogP contribution in [0.4, 0.5) is 0 Å². The Bertz CT molecular complexity index is 569. The highest BCUT2D eigenvalue weighted by Crippen LogP contribution is 2.23. The lowest BCUT2D eigenvalue weighted by Gasteiger charge is -2.04. The predicted molar refractivity (Wildman–Crippen MR) is 88.4 cm³/mol. The van der Waals surface area contributed by atoms with Gasteiger partial charge in [0, 0.05) is 36.9 Å². The van der Waals surface area contributed by atoms with Gasteiger partial charge < -0.3 is 9.88 Å². The molecule has 0 saturated heterocycles. The summed E-state index contributed by atoms with van der Waals surface area (Å²) in [6.45, 7) is 4.35. The van der Waals surface area contributed by atoms with Crippen LogP contribution in [0, 0.1) is 0 Å². The Hall–Kier alpha value is -1.35. The summed E-state index contributed by atoms with van der Waals surface area (Å²) >= 11 is 0. The molecule has 2 heterocycles. The molecule has 1 fully saturated rings. The van der Waals surface area contributed by atoms with Crippen LogP contribution in [0.25, 0.3) is 11.0 Å². The minimum absolute atomic E-state index is 0.758.